The summed E-state index contributed by atoms with van der Waals surface area (Å²) in [5.41, 5.74) is 1.88. The maximum Gasteiger partial charge on any atom is 0.294 e. The second kappa shape index (κ2) is 10.4. The van der Waals surface area contributed by atoms with Gasteiger partial charge in [-0.25, -0.2) is 0 Å². The quantitative estimate of drug-likeness (QED) is 0.447. The average Bonchev–Trinajstić information content (AvgIpc) is 3.37. The molecule has 5 rings (SSSR count). The Bertz CT molecular complexity index is 1280. The summed E-state index contributed by atoms with van der Waals surface area (Å²) in [5.74, 6) is 0.245. The minimum atomic E-state index is -0.408. The van der Waals surface area contributed by atoms with Gasteiger partial charge in [-0.2, -0.15) is 0 Å². The number of ether oxygens (including phenoxy) is 1. The molecule has 0 saturated carbocycles. The van der Waals surface area contributed by atoms with Crippen molar-refractivity contribution >= 4 is 45.8 Å². The first kappa shape index (κ1) is 23.2. The maximum atomic E-state index is 13.0. The standard InChI is InChI=1S/C27H27N3O4S/c31-25(28-13-7-2-8-14-28)19-30-26(32)24(35-27(30)33)17-20-18-29(23-12-6-5-11-22(20)23)15-16-34-21-9-3-1-4-10-21/h1,3-6,9-12,17-18H,2,7-8,13-16,19H2/b24-17-. The molecule has 180 valence electrons. The molecule has 3 aromatic rings. The van der Waals surface area contributed by atoms with Crippen LogP contribution in [0.3, 0.4) is 0 Å². The van der Waals surface area contributed by atoms with E-state index in [4.69, 9.17) is 4.74 Å². The van der Waals surface area contributed by atoms with Crippen LogP contribution in [0.4, 0.5) is 4.79 Å². The number of hydrogen-bond acceptors (Lipinski definition) is 5. The van der Waals surface area contributed by atoms with E-state index in [0.717, 1.165) is 58.1 Å². The van der Waals surface area contributed by atoms with Crippen molar-refractivity contribution in [1.82, 2.24) is 14.4 Å². The SMILES string of the molecule is O=C(CN1C(=O)S/C(=C\c2cn(CCOc3ccccc3)c3ccccc23)C1=O)N1CCCCC1. The first-order valence-corrected chi connectivity index (χ1v) is 12.7. The van der Waals surface area contributed by atoms with Gasteiger partial charge in [0.1, 0.15) is 18.9 Å². The molecule has 0 spiro atoms. The third-order valence-electron chi connectivity index (χ3n) is 6.33. The fourth-order valence-corrected chi connectivity index (χ4v) is 5.34. The van der Waals surface area contributed by atoms with Gasteiger partial charge in [-0.05, 0) is 55.3 Å². The van der Waals surface area contributed by atoms with E-state index in [1.807, 2.05) is 60.8 Å². The van der Waals surface area contributed by atoms with Gasteiger partial charge in [0.2, 0.25) is 5.91 Å². The zero-order chi connectivity index (χ0) is 24.2. The fourth-order valence-electron chi connectivity index (χ4n) is 4.51. The first-order valence-electron chi connectivity index (χ1n) is 11.9. The van der Waals surface area contributed by atoms with Crippen molar-refractivity contribution in [3.63, 3.8) is 0 Å². The Morgan fingerprint density at radius 3 is 2.51 bits per heavy atom. The van der Waals surface area contributed by atoms with Gasteiger partial charge in [-0.1, -0.05) is 36.4 Å². The summed E-state index contributed by atoms with van der Waals surface area (Å²) < 4.78 is 7.94. The summed E-state index contributed by atoms with van der Waals surface area (Å²) in [6.07, 6.45) is 6.78. The van der Waals surface area contributed by atoms with E-state index < -0.39 is 11.1 Å². The highest BCUT2D eigenvalue weighted by Gasteiger charge is 2.37. The Morgan fingerprint density at radius 1 is 0.971 bits per heavy atom. The predicted octanol–water partition coefficient (Wildman–Crippen LogP) is 4.77. The fraction of sp³-hybridized carbons (Fsp3) is 0.296. The van der Waals surface area contributed by atoms with Crippen molar-refractivity contribution in [1.29, 1.82) is 0 Å². The van der Waals surface area contributed by atoms with Crippen LogP contribution >= 0.6 is 11.8 Å². The molecule has 35 heavy (non-hydrogen) atoms. The average molecular weight is 490 g/mol. The number of aromatic nitrogens is 1. The Hall–Kier alpha value is -3.52. The number of nitrogens with zero attached hydrogens (tertiary/aromatic N) is 3. The number of para-hydroxylation sites is 2. The van der Waals surface area contributed by atoms with E-state index in [2.05, 4.69) is 4.57 Å². The number of imide groups is 1. The molecular formula is C27H27N3O4S. The minimum Gasteiger partial charge on any atom is -0.492 e. The van der Waals surface area contributed by atoms with Crippen LogP contribution in [0, 0.1) is 0 Å². The van der Waals surface area contributed by atoms with Crippen molar-refractivity contribution in [2.24, 2.45) is 0 Å². The molecule has 8 heteroatoms. The van der Waals surface area contributed by atoms with Crippen LogP contribution in [0.2, 0.25) is 0 Å². The molecule has 7 nitrogen and oxygen atoms in total. The predicted molar refractivity (Wildman–Crippen MR) is 137 cm³/mol. The maximum absolute atomic E-state index is 13.0. The number of rotatable bonds is 7. The molecule has 0 atom stereocenters. The summed E-state index contributed by atoms with van der Waals surface area (Å²) in [5, 5.41) is 0.593. The number of piperidine rings is 1. The first-order chi connectivity index (χ1) is 17.1. The Balaban J connectivity index is 1.32. The number of hydrogen-bond donors (Lipinski definition) is 0. The van der Waals surface area contributed by atoms with E-state index in [1.54, 1.807) is 11.0 Å². The van der Waals surface area contributed by atoms with E-state index >= 15 is 0 Å². The number of thioether (sulfide) groups is 1. The Labute approximate surface area is 208 Å². The summed E-state index contributed by atoms with van der Waals surface area (Å²) >= 11 is 0.892. The number of carbonyl (C=O) groups excluding carboxylic acids is 3. The molecular weight excluding hydrogens is 462 g/mol. The van der Waals surface area contributed by atoms with E-state index in [0.29, 0.717) is 31.1 Å². The Kier molecular flexibility index (Phi) is 6.90. The van der Waals surface area contributed by atoms with Gasteiger partial charge in [0, 0.05) is 35.8 Å². The Morgan fingerprint density at radius 2 is 1.71 bits per heavy atom. The highest BCUT2D eigenvalue weighted by molar-refractivity contribution is 8.18. The third-order valence-corrected chi connectivity index (χ3v) is 7.23. The highest BCUT2D eigenvalue weighted by atomic mass is 32.2. The zero-order valence-corrected chi connectivity index (χ0v) is 20.2. The molecule has 0 unspecified atom stereocenters. The van der Waals surface area contributed by atoms with Crippen LogP contribution < -0.4 is 4.74 Å². The van der Waals surface area contributed by atoms with E-state index in [9.17, 15) is 14.4 Å². The number of likely N-dealkylation sites (tertiary alicyclic amines) is 1. The molecule has 0 radical (unpaired) electrons. The molecule has 2 saturated heterocycles. The number of amides is 3. The third kappa shape index (κ3) is 5.12. The van der Waals surface area contributed by atoms with Gasteiger partial charge in [0.25, 0.3) is 11.1 Å². The molecule has 2 aliphatic rings. The van der Waals surface area contributed by atoms with Gasteiger partial charge in [0.05, 0.1) is 11.4 Å². The van der Waals surface area contributed by atoms with Crippen LogP contribution in [0.1, 0.15) is 24.8 Å². The van der Waals surface area contributed by atoms with Crippen LogP contribution in [-0.2, 0) is 16.1 Å². The van der Waals surface area contributed by atoms with E-state index in [-0.39, 0.29) is 12.5 Å². The number of carbonyl (C=O) groups is 3. The van der Waals surface area contributed by atoms with Crippen LogP contribution in [0.15, 0.2) is 65.7 Å². The van der Waals surface area contributed by atoms with Crippen molar-refractivity contribution in [2.75, 3.05) is 26.2 Å². The molecule has 3 amide bonds. The van der Waals surface area contributed by atoms with Crippen molar-refractivity contribution in [2.45, 2.75) is 25.8 Å². The van der Waals surface area contributed by atoms with Gasteiger partial charge in [0.15, 0.2) is 0 Å². The molecule has 3 heterocycles. The molecule has 0 bridgehead atoms. The van der Waals surface area contributed by atoms with Crippen molar-refractivity contribution in [3.05, 3.63) is 71.3 Å². The lowest BCUT2D eigenvalue weighted by Crippen LogP contribution is -2.44. The van der Waals surface area contributed by atoms with E-state index in [1.165, 1.54) is 0 Å². The number of benzene rings is 2. The second-order valence-electron chi connectivity index (χ2n) is 8.67. The molecule has 2 fully saturated rings. The zero-order valence-electron chi connectivity index (χ0n) is 19.4. The van der Waals surface area contributed by atoms with Crippen molar-refractivity contribution < 1.29 is 19.1 Å². The molecule has 2 aliphatic heterocycles. The van der Waals surface area contributed by atoms with Crippen LogP contribution in [-0.4, -0.2) is 57.7 Å². The minimum absolute atomic E-state index is 0.164. The van der Waals surface area contributed by atoms with Crippen LogP contribution in [0.25, 0.3) is 17.0 Å². The van der Waals surface area contributed by atoms with Gasteiger partial charge >= 0.3 is 0 Å². The number of fused-ring (bicyclic) bond motifs is 1. The topological polar surface area (TPSA) is 71.9 Å². The summed E-state index contributed by atoms with van der Waals surface area (Å²) in [6, 6.07) is 17.6. The van der Waals surface area contributed by atoms with Crippen LogP contribution in [0.5, 0.6) is 5.75 Å². The van der Waals surface area contributed by atoms with Gasteiger partial charge < -0.3 is 14.2 Å². The smallest absolute Gasteiger partial charge is 0.294 e. The molecule has 2 aromatic carbocycles. The lowest BCUT2D eigenvalue weighted by atomic mass is 10.1. The lowest BCUT2D eigenvalue weighted by molar-refractivity contribution is -0.136. The summed E-state index contributed by atoms with van der Waals surface area (Å²) in [6.45, 7) is 2.32. The summed E-state index contributed by atoms with van der Waals surface area (Å²) in [4.78, 5) is 41.4. The lowest BCUT2D eigenvalue weighted by Gasteiger charge is -2.27. The molecule has 0 N–H and O–H groups in total. The monoisotopic (exact) mass is 489 g/mol. The molecule has 0 aliphatic carbocycles. The van der Waals surface area contributed by atoms with Gasteiger partial charge in [-0.3, -0.25) is 19.3 Å². The second-order valence-corrected chi connectivity index (χ2v) is 9.66. The van der Waals surface area contributed by atoms with Crippen molar-refractivity contribution in [3.8, 4) is 5.75 Å². The molecule has 1 aromatic heterocycles. The largest absolute Gasteiger partial charge is 0.492 e. The highest BCUT2D eigenvalue weighted by Crippen LogP contribution is 2.34. The van der Waals surface area contributed by atoms with Gasteiger partial charge in [-0.15, -0.1) is 0 Å². The normalized spacial score (nSPS) is 17.5. The summed E-state index contributed by atoms with van der Waals surface area (Å²) in [7, 11) is 0.